The first kappa shape index (κ1) is 29.7. The van der Waals surface area contributed by atoms with Gasteiger partial charge in [-0.25, -0.2) is 9.78 Å². The molecule has 202 valence electrons. The highest BCUT2D eigenvalue weighted by atomic mass is 35.5. The molecule has 2 N–H and O–H groups in total. The number of halogens is 2. The number of hydrogen-bond acceptors (Lipinski definition) is 8. The molecule has 9 nitrogen and oxygen atoms in total. The number of nitrogens with one attached hydrogen (secondary N) is 1. The molecule has 1 aliphatic rings. The summed E-state index contributed by atoms with van der Waals surface area (Å²) in [6.07, 6.45) is 0.108. The number of aromatic nitrogens is 1. The monoisotopic (exact) mass is 588 g/mol. The van der Waals surface area contributed by atoms with Crippen molar-refractivity contribution in [2.45, 2.75) is 50.2 Å². The molecule has 0 radical (unpaired) electrons. The van der Waals surface area contributed by atoms with E-state index in [-0.39, 0.29) is 23.6 Å². The van der Waals surface area contributed by atoms with Crippen molar-refractivity contribution in [3.63, 3.8) is 0 Å². The predicted octanol–water partition coefficient (Wildman–Crippen LogP) is 4.44. The number of ether oxygens (including phenoxy) is 1. The largest absolute Gasteiger partial charge is 0.480 e. The molecule has 1 fully saturated rings. The van der Waals surface area contributed by atoms with Crippen molar-refractivity contribution >= 4 is 64.3 Å². The lowest BCUT2D eigenvalue weighted by Gasteiger charge is -2.35. The van der Waals surface area contributed by atoms with Crippen LogP contribution in [0.1, 0.15) is 43.2 Å². The predicted molar refractivity (Wildman–Crippen MR) is 145 cm³/mol. The minimum atomic E-state index is -1.09. The zero-order chi connectivity index (χ0) is 27.1. The van der Waals surface area contributed by atoms with E-state index < -0.39 is 17.9 Å². The zero-order valence-electron chi connectivity index (χ0n) is 20.8. The summed E-state index contributed by atoms with van der Waals surface area (Å²) in [7, 11) is 0. The third-order valence-corrected chi connectivity index (χ3v) is 8.31. The van der Waals surface area contributed by atoms with Gasteiger partial charge in [0.1, 0.15) is 11.7 Å². The highest BCUT2D eigenvalue weighted by Gasteiger charge is 2.27. The summed E-state index contributed by atoms with van der Waals surface area (Å²) in [6.45, 7) is 8.18. The summed E-state index contributed by atoms with van der Waals surface area (Å²) in [5, 5.41) is 14.5. The van der Waals surface area contributed by atoms with E-state index in [0.29, 0.717) is 47.0 Å². The Bertz CT molecular complexity index is 1120. The Morgan fingerprint density at radius 1 is 1.32 bits per heavy atom. The molecule has 2 heterocycles. The van der Waals surface area contributed by atoms with Crippen molar-refractivity contribution in [3.05, 3.63) is 44.9 Å². The maximum atomic E-state index is 12.6. The van der Waals surface area contributed by atoms with Gasteiger partial charge in [0.05, 0.1) is 29.3 Å². The summed E-state index contributed by atoms with van der Waals surface area (Å²) >= 11 is 14.5. The van der Waals surface area contributed by atoms with E-state index in [4.69, 9.17) is 27.9 Å². The number of aliphatic carboxylic acids is 1. The maximum Gasteiger partial charge on any atom is 0.326 e. The fourth-order valence-electron chi connectivity index (χ4n) is 3.77. The second-order valence-electron chi connectivity index (χ2n) is 9.14. The Balaban J connectivity index is 1.58. The van der Waals surface area contributed by atoms with Crippen molar-refractivity contribution in [2.24, 2.45) is 5.92 Å². The Morgan fingerprint density at radius 2 is 2.08 bits per heavy atom. The lowest BCUT2D eigenvalue weighted by atomic mass is 10.0. The summed E-state index contributed by atoms with van der Waals surface area (Å²) in [4.78, 5) is 42.9. The van der Waals surface area contributed by atoms with E-state index >= 15 is 0 Å². The van der Waals surface area contributed by atoms with Crippen LogP contribution in [0.4, 0.5) is 0 Å². The summed E-state index contributed by atoms with van der Waals surface area (Å²) in [5.74, 6) is -1.71. The fourth-order valence-corrected chi connectivity index (χ4v) is 5.90. The molecule has 0 spiro atoms. The van der Waals surface area contributed by atoms with E-state index in [0.717, 1.165) is 24.1 Å². The average molecular weight is 590 g/mol. The standard InChI is InChI=1S/C24H30Cl2N4O5S2/c1-14(2)8-20(23(33)34)27-22(32)21-13-36-24(28-21)37-30(15(3)31)12-17-11-29(6-7-35-17)10-16-4-5-18(25)19(26)9-16/h4-5,9,13-14,17,20H,6-8,10-12H2,1-3H3,(H,27,32)(H,33,34)/t17-,20-/m0/s1. The molecule has 1 aromatic carbocycles. The molecule has 0 saturated carbocycles. The number of carboxylic acids is 1. The second-order valence-corrected chi connectivity index (χ2v) is 12.1. The highest BCUT2D eigenvalue weighted by Crippen LogP contribution is 2.28. The lowest BCUT2D eigenvalue weighted by molar-refractivity contribution is -0.139. The van der Waals surface area contributed by atoms with E-state index in [1.54, 1.807) is 15.8 Å². The number of carboxylic acid groups (broad SMARTS) is 1. The van der Waals surface area contributed by atoms with Gasteiger partial charge in [0.2, 0.25) is 5.91 Å². The Hall–Kier alpha value is -1.89. The first-order chi connectivity index (χ1) is 17.5. The van der Waals surface area contributed by atoms with Crippen molar-refractivity contribution in [2.75, 3.05) is 26.2 Å². The normalized spacial score (nSPS) is 17.0. The lowest BCUT2D eigenvalue weighted by Crippen LogP contribution is -2.46. The van der Waals surface area contributed by atoms with Gasteiger partial charge in [-0.15, -0.1) is 11.3 Å². The van der Waals surface area contributed by atoms with Crippen LogP contribution in [0.25, 0.3) is 0 Å². The Labute approximate surface area is 234 Å². The van der Waals surface area contributed by atoms with Gasteiger partial charge >= 0.3 is 5.97 Å². The van der Waals surface area contributed by atoms with Crippen LogP contribution in [0.3, 0.4) is 0 Å². The van der Waals surface area contributed by atoms with Gasteiger partial charge in [-0.1, -0.05) is 43.1 Å². The molecule has 0 bridgehead atoms. The minimum absolute atomic E-state index is 0.106. The van der Waals surface area contributed by atoms with E-state index in [2.05, 4.69) is 15.2 Å². The second kappa shape index (κ2) is 13.8. The number of carbonyl (C=O) groups excluding carboxylic acids is 2. The van der Waals surface area contributed by atoms with E-state index in [9.17, 15) is 19.5 Å². The molecule has 1 aromatic heterocycles. The summed E-state index contributed by atoms with van der Waals surface area (Å²) < 4.78 is 7.98. The highest BCUT2D eigenvalue weighted by molar-refractivity contribution is 7.99. The molecule has 37 heavy (non-hydrogen) atoms. The van der Waals surface area contributed by atoms with Crippen LogP contribution in [0.2, 0.25) is 10.0 Å². The fraction of sp³-hybridized carbons (Fsp3) is 0.500. The number of thiazole rings is 1. The number of carbonyl (C=O) groups is 3. The molecule has 1 aliphatic heterocycles. The smallest absolute Gasteiger partial charge is 0.326 e. The number of morpholine rings is 1. The Kier molecular flexibility index (Phi) is 11.0. The third-order valence-electron chi connectivity index (χ3n) is 5.55. The van der Waals surface area contributed by atoms with Crippen LogP contribution < -0.4 is 5.32 Å². The molecule has 2 aromatic rings. The SMILES string of the molecule is CC(=O)N(C[C@@H]1CN(Cc2ccc(Cl)c(Cl)c2)CCO1)Sc1nc(C(=O)N[C@@H](CC(C)C)C(=O)O)cs1. The molecule has 2 atom stereocenters. The topological polar surface area (TPSA) is 112 Å². The van der Waals surface area contributed by atoms with E-state index in [1.807, 2.05) is 26.0 Å². The zero-order valence-corrected chi connectivity index (χ0v) is 23.9. The minimum Gasteiger partial charge on any atom is -0.480 e. The van der Waals surface area contributed by atoms with Crippen molar-refractivity contribution in [3.8, 4) is 0 Å². The molecule has 13 heteroatoms. The molecule has 2 amide bonds. The number of rotatable bonds is 11. The average Bonchev–Trinajstić information content (AvgIpc) is 3.29. The van der Waals surface area contributed by atoms with Crippen LogP contribution in [0, 0.1) is 5.92 Å². The van der Waals surface area contributed by atoms with Gasteiger partial charge in [0.15, 0.2) is 4.34 Å². The molecule has 0 aliphatic carbocycles. The van der Waals surface area contributed by atoms with Crippen LogP contribution in [-0.4, -0.2) is 75.5 Å². The van der Waals surface area contributed by atoms with Crippen LogP contribution >= 0.6 is 46.5 Å². The number of hydrogen-bond donors (Lipinski definition) is 2. The van der Waals surface area contributed by atoms with Gasteiger partial charge in [-0.3, -0.25) is 18.8 Å². The molecular weight excluding hydrogens is 559 g/mol. The quantitative estimate of drug-likeness (QED) is 0.371. The van der Waals surface area contributed by atoms with Crippen molar-refractivity contribution in [1.29, 1.82) is 0 Å². The van der Waals surface area contributed by atoms with Gasteiger partial charge in [-0.2, -0.15) is 0 Å². The van der Waals surface area contributed by atoms with Crippen LogP contribution in [-0.2, 0) is 20.9 Å². The van der Waals surface area contributed by atoms with Crippen molar-refractivity contribution in [1.82, 2.24) is 19.5 Å². The molecular formula is C24H30Cl2N4O5S2. The first-order valence-electron chi connectivity index (χ1n) is 11.7. The number of amides is 2. The third kappa shape index (κ3) is 9.12. The maximum absolute atomic E-state index is 12.6. The first-order valence-corrected chi connectivity index (χ1v) is 14.2. The van der Waals surface area contributed by atoms with Gasteiger partial charge in [0, 0.05) is 43.9 Å². The molecule has 3 rings (SSSR count). The molecule has 1 saturated heterocycles. The summed E-state index contributed by atoms with van der Waals surface area (Å²) in [5.41, 5.74) is 1.16. The summed E-state index contributed by atoms with van der Waals surface area (Å²) in [6, 6.07) is 4.58. The Morgan fingerprint density at radius 3 is 2.73 bits per heavy atom. The van der Waals surface area contributed by atoms with Gasteiger partial charge in [-0.05, 0) is 30.0 Å². The van der Waals surface area contributed by atoms with Crippen LogP contribution in [0.15, 0.2) is 27.9 Å². The number of nitrogens with zero attached hydrogens (tertiary/aromatic N) is 3. The van der Waals surface area contributed by atoms with E-state index in [1.165, 1.54) is 18.3 Å². The molecule has 0 unspecified atom stereocenters. The van der Waals surface area contributed by atoms with Gasteiger partial charge in [0.25, 0.3) is 5.91 Å². The number of benzene rings is 1. The van der Waals surface area contributed by atoms with Crippen molar-refractivity contribution < 1.29 is 24.2 Å². The van der Waals surface area contributed by atoms with Crippen LogP contribution in [0.5, 0.6) is 0 Å². The van der Waals surface area contributed by atoms with Gasteiger partial charge < -0.3 is 15.2 Å².